The maximum atomic E-state index is 3.42. The first-order chi connectivity index (χ1) is 11.2. The Kier molecular flexibility index (Phi) is 3.89. The van der Waals surface area contributed by atoms with Gasteiger partial charge in [0.2, 0.25) is 0 Å². The van der Waals surface area contributed by atoms with E-state index >= 15 is 0 Å². The van der Waals surface area contributed by atoms with Crippen LogP contribution in [0.15, 0.2) is 48.7 Å². The summed E-state index contributed by atoms with van der Waals surface area (Å²) in [4.78, 5) is 3.42. The van der Waals surface area contributed by atoms with E-state index in [1.807, 2.05) is 0 Å². The average Bonchev–Trinajstić information content (AvgIpc) is 3.07. The number of H-pyrrole nitrogens is 1. The van der Waals surface area contributed by atoms with E-state index in [2.05, 4.69) is 92.7 Å². The number of benzene rings is 2. The SMILES string of the molecule is Cc1ccc2c(Cc3c(C)c4ccccc4n3SI)c[nH]c2c1. The van der Waals surface area contributed by atoms with Crippen LogP contribution in [0.25, 0.3) is 21.8 Å². The molecule has 2 heterocycles. The van der Waals surface area contributed by atoms with E-state index < -0.39 is 0 Å². The number of hydrogen-bond acceptors (Lipinski definition) is 1. The number of aromatic nitrogens is 2. The fraction of sp³-hybridized carbons (Fsp3) is 0.158. The largest absolute Gasteiger partial charge is 0.361 e. The fourth-order valence-electron chi connectivity index (χ4n) is 3.33. The molecule has 2 aromatic carbocycles. The summed E-state index contributed by atoms with van der Waals surface area (Å²) in [5, 5.41) is 2.67. The van der Waals surface area contributed by atoms with Crippen molar-refractivity contribution < 1.29 is 0 Å². The van der Waals surface area contributed by atoms with Gasteiger partial charge in [-0.3, -0.25) is 3.97 Å². The Morgan fingerprint density at radius 1 is 1.09 bits per heavy atom. The summed E-state index contributed by atoms with van der Waals surface area (Å²) >= 11 is 2.38. The highest BCUT2D eigenvalue weighted by atomic mass is 127. The molecule has 23 heavy (non-hydrogen) atoms. The summed E-state index contributed by atoms with van der Waals surface area (Å²) < 4.78 is 2.36. The van der Waals surface area contributed by atoms with Crippen molar-refractivity contribution in [1.29, 1.82) is 0 Å². The van der Waals surface area contributed by atoms with Crippen molar-refractivity contribution in [2.24, 2.45) is 0 Å². The molecule has 4 rings (SSSR count). The molecule has 0 saturated heterocycles. The Hall–Kier alpha value is -1.40. The van der Waals surface area contributed by atoms with E-state index in [-0.39, 0.29) is 0 Å². The van der Waals surface area contributed by atoms with Gasteiger partial charge in [0.1, 0.15) is 0 Å². The number of nitrogens with zero attached hydrogens (tertiary/aromatic N) is 1. The van der Waals surface area contributed by atoms with E-state index in [0.29, 0.717) is 0 Å². The predicted octanol–water partition coefficient (Wildman–Crippen LogP) is 6.18. The maximum absolute atomic E-state index is 3.42. The van der Waals surface area contributed by atoms with Crippen molar-refractivity contribution in [3.05, 3.63) is 71.0 Å². The van der Waals surface area contributed by atoms with Crippen LogP contribution in [0.3, 0.4) is 0 Å². The lowest BCUT2D eigenvalue weighted by molar-refractivity contribution is 1.07. The van der Waals surface area contributed by atoms with Crippen LogP contribution >= 0.6 is 30.3 Å². The molecular formula is C19H17IN2S. The van der Waals surface area contributed by atoms with Gasteiger partial charge in [0.05, 0.1) is 5.52 Å². The molecule has 0 aliphatic rings. The van der Waals surface area contributed by atoms with E-state index in [9.17, 15) is 0 Å². The van der Waals surface area contributed by atoms with Crippen LogP contribution in [-0.2, 0) is 6.42 Å². The smallest absolute Gasteiger partial charge is 0.0604 e. The number of para-hydroxylation sites is 1. The minimum atomic E-state index is 0.944. The number of halogens is 1. The van der Waals surface area contributed by atoms with Crippen LogP contribution in [0.5, 0.6) is 0 Å². The summed E-state index contributed by atoms with van der Waals surface area (Å²) in [7, 11) is 1.75. The molecule has 0 amide bonds. The molecule has 2 nitrogen and oxygen atoms in total. The lowest BCUT2D eigenvalue weighted by Crippen LogP contribution is -1.96. The Bertz CT molecular complexity index is 1010. The van der Waals surface area contributed by atoms with Crippen molar-refractivity contribution in [2.45, 2.75) is 20.3 Å². The van der Waals surface area contributed by atoms with Crippen LogP contribution < -0.4 is 0 Å². The van der Waals surface area contributed by atoms with Gasteiger partial charge in [0.15, 0.2) is 0 Å². The molecule has 0 atom stereocenters. The molecule has 4 heteroatoms. The molecule has 4 aromatic rings. The van der Waals surface area contributed by atoms with Crippen molar-refractivity contribution in [3.8, 4) is 0 Å². The maximum Gasteiger partial charge on any atom is 0.0604 e. The molecule has 0 bridgehead atoms. The molecular weight excluding hydrogens is 415 g/mol. The highest BCUT2D eigenvalue weighted by molar-refractivity contribution is 14.2. The number of nitrogens with one attached hydrogen (secondary N) is 1. The Morgan fingerprint density at radius 3 is 2.74 bits per heavy atom. The topological polar surface area (TPSA) is 20.7 Å². The third-order valence-corrected chi connectivity index (χ3v) is 6.29. The highest BCUT2D eigenvalue weighted by Crippen LogP contribution is 2.34. The first-order valence-electron chi connectivity index (χ1n) is 7.63. The molecule has 116 valence electrons. The Balaban J connectivity index is 1.87. The van der Waals surface area contributed by atoms with Crippen molar-refractivity contribution in [1.82, 2.24) is 8.96 Å². The number of hydrogen-bond donors (Lipinski definition) is 1. The highest BCUT2D eigenvalue weighted by Gasteiger charge is 2.16. The zero-order chi connectivity index (χ0) is 16.0. The second-order valence-corrected chi connectivity index (χ2v) is 7.68. The lowest BCUT2D eigenvalue weighted by Gasteiger charge is -2.07. The molecule has 0 radical (unpaired) electrons. The molecule has 0 aliphatic heterocycles. The number of rotatable bonds is 3. The fourth-order valence-corrected chi connectivity index (χ4v) is 5.20. The molecule has 1 N–H and O–H groups in total. The standard InChI is InChI=1S/C19H17IN2S/c1-12-7-8-16-14(11-21-17(16)9-12)10-19-13(2)15-5-3-4-6-18(15)22(19)23-20/h3-9,11,21H,10H2,1-2H3. The first-order valence-corrected chi connectivity index (χ1v) is 11.0. The van der Waals surface area contributed by atoms with E-state index in [4.69, 9.17) is 0 Å². The van der Waals surface area contributed by atoms with Crippen molar-refractivity contribution in [2.75, 3.05) is 0 Å². The molecule has 0 fully saturated rings. The van der Waals surface area contributed by atoms with Gasteiger partial charge in [0, 0.05) is 64.9 Å². The van der Waals surface area contributed by atoms with Gasteiger partial charge in [-0.25, -0.2) is 0 Å². The molecule has 0 unspecified atom stereocenters. The van der Waals surface area contributed by atoms with Crippen LogP contribution in [0.1, 0.15) is 22.4 Å². The summed E-state index contributed by atoms with van der Waals surface area (Å²) in [6, 6.07) is 15.3. The number of aryl methyl sites for hydroxylation is 2. The quantitative estimate of drug-likeness (QED) is 0.384. The van der Waals surface area contributed by atoms with Gasteiger partial charge in [-0.15, -0.1) is 0 Å². The van der Waals surface area contributed by atoms with Gasteiger partial charge in [-0.05, 0) is 42.7 Å². The average molecular weight is 432 g/mol. The van der Waals surface area contributed by atoms with Crippen LogP contribution in [-0.4, -0.2) is 8.96 Å². The zero-order valence-corrected chi connectivity index (χ0v) is 16.0. The van der Waals surface area contributed by atoms with Gasteiger partial charge in [-0.1, -0.05) is 30.3 Å². The molecule has 2 aromatic heterocycles. The second kappa shape index (κ2) is 5.91. The van der Waals surface area contributed by atoms with Crippen molar-refractivity contribution >= 4 is 52.1 Å². The minimum absolute atomic E-state index is 0.944. The number of aromatic amines is 1. The van der Waals surface area contributed by atoms with Crippen LogP contribution in [0.2, 0.25) is 0 Å². The zero-order valence-electron chi connectivity index (χ0n) is 13.1. The number of fused-ring (bicyclic) bond motifs is 2. The van der Waals surface area contributed by atoms with E-state index in [1.165, 1.54) is 44.2 Å². The predicted molar refractivity (Wildman–Crippen MR) is 110 cm³/mol. The molecule has 0 aliphatic carbocycles. The summed E-state index contributed by atoms with van der Waals surface area (Å²) in [6.45, 7) is 4.37. The summed E-state index contributed by atoms with van der Waals surface area (Å²) in [6.07, 6.45) is 3.10. The lowest BCUT2D eigenvalue weighted by atomic mass is 10.0. The third-order valence-electron chi connectivity index (χ3n) is 4.55. The van der Waals surface area contributed by atoms with Crippen LogP contribution in [0.4, 0.5) is 0 Å². The molecule has 0 spiro atoms. The first kappa shape index (κ1) is 15.1. The normalized spacial score (nSPS) is 11.6. The van der Waals surface area contributed by atoms with E-state index in [0.717, 1.165) is 6.42 Å². The monoisotopic (exact) mass is 432 g/mol. The van der Waals surface area contributed by atoms with Gasteiger partial charge >= 0.3 is 0 Å². The Labute approximate surface area is 152 Å². The van der Waals surface area contributed by atoms with Crippen molar-refractivity contribution in [3.63, 3.8) is 0 Å². The molecule has 0 saturated carbocycles. The van der Waals surface area contributed by atoms with Gasteiger partial charge in [-0.2, -0.15) is 0 Å². The third kappa shape index (κ3) is 2.48. The Morgan fingerprint density at radius 2 is 1.91 bits per heavy atom. The minimum Gasteiger partial charge on any atom is -0.361 e. The second-order valence-electron chi connectivity index (χ2n) is 5.99. The summed E-state index contributed by atoms with van der Waals surface area (Å²) in [5.41, 5.74) is 7.94. The van der Waals surface area contributed by atoms with Crippen LogP contribution in [0, 0.1) is 13.8 Å². The van der Waals surface area contributed by atoms with Gasteiger partial charge in [0.25, 0.3) is 0 Å². The summed E-state index contributed by atoms with van der Waals surface area (Å²) in [5.74, 6) is 0. The van der Waals surface area contributed by atoms with Gasteiger partial charge < -0.3 is 4.98 Å². The van der Waals surface area contributed by atoms with E-state index in [1.54, 1.807) is 9.12 Å².